The first-order valence-electron chi connectivity index (χ1n) is 11.4. The molecule has 7 nitrogen and oxygen atoms in total. The summed E-state index contributed by atoms with van der Waals surface area (Å²) < 4.78 is 10.9. The second-order valence-corrected chi connectivity index (χ2v) is 8.55. The standard InChI is InChI=1S/C28H22N2O5/c1-2-16-7-9-17(10-8-16)26(31)24-25(20-14-29-21-6-4-3-5-19(20)21)30(28(33)27(24)32)18-11-12-22-23(13-18)35-15-34-22/h3-14,25,29,31H,2,15H2,1H3/b26-24+. The number of ether oxygens (including phenoxy) is 2. The van der Waals surface area contributed by atoms with E-state index in [1.165, 1.54) is 4.90 Å². The van der Waals surface area contributed by atoms with Gasteiger partial charge in [-0.25, -0.2) is 0 Å². The topological polar surface area (TPSA) is 91.9 Å². The van der Waals surface area contributed by atoms with Crippen LogP contribution in [0.3, 0.4) is 0 Å². The molecule has 1 aromatic heterocycles. The molecule has 2 N–H and O–H groups in total. The van der Waals surface area contributed by atoms with Gasteiger partial charge in [-0.05, 0) is 30.2 Å². The number of hydrogen-bond donors (Lipinski definition) is 2. The van der Waals surface area contributed by atoms with Crippen LogP contribution in [0.15, 0.2) is 78.5 Å². The summed E-state index contributed by atoms with van der Waals surface area (Å²) in [7, 11) is 0. The quantitative estimate of drug-likeness (QED) is 0.248. The summed E-state index contributed by atoms with van der Waals surface area (Å²) in [6, 6.07) is 19.3. The Hall–Kier alpha value is -4.52. The molecule has 0 bridgehead atoms. The molecule has 174 valence electrons. The number of amides is 1. The average Bonchev–Trinajstić information content (AvgIpc) is 3.60. The number of anilines is 1. The fourth-order valence-electron chi connectivity index (χ4n) is 4.80. The van der Waals surface area contributed by atoms with Crippen molar-refractivity contribution in [3.63, 3.8) is 0 Å². The molecule has 0 radical (unpaired) electrons. The van der Waals surface area contributed by atoms with Crippen LogP contribution in [0.5, 0.6) is 11.5 Å². The van der Waals surface area contributed by atoms with Crippen molar-refractivity contribution < 1.29 is 24.2 Å². The number of ketones is 1. The van der Waals surface area contributed by atoms with Crippen LogP contribution in [-0.4, -0.2) is 28.6 Å². The van der Waals surface area contributed by atoms with Crippen molar-refractivity contribution in [2.45, 2.75) is 19.4 Å². The zero-order valence-electron chi connectivity index (χ0n) is 18.9. The summed E-state index contributed by atoms with van der Waals surface area (Å²) in [5, 5.41) is 12.2. The molecule has 2 aliphatic heterocycles. The number of nitrogens with zero attached hydrogens (tertiary/aromatic N) is 1. The Labute approximate surface area is 201 Å². The van der Waals surface area contributed by atoms with E-state index in [-0.39, 0.29) is 18.1 Å². The van der Waals surface area contributed by atoms with E-state index in [9.17, 15) is 14.7 Å². The van der Waals surface area contributed by atoms with Crippen molar-refractivity contribution in [1.82, 2.24) is 4.98 Å². The first kappa shape index (κ1) is 21.0. The van der Waals surface area contributed by atoms with E-state index in [1.54, 1.807) is 36.5 Å². The molecule has 3 aromatic carbocycles. The molecule has 3 heterocycles. The Kier molecular flexibility index (Phi) is 4.84. The lowest BCUT2D eigenvalue weighted by molar-refractivity contribution is -0.132. The second-order valence-electron chi connectivity index (χ2n) is 8.55. The van der Waals surface area contributed by atoms with Crippen LogP contribution in [0.4, 0.5) is 5.69 Å². The molecule has 35 heavy (non-hydrogen) atoms. The summed E-state index contributed by atoms with van der Waals surface area (Å²) in [6.07, 6.45) is 2.64. The number of carbonyl (C=O) groups excluding carboxylic acids is 2. The number of benzene rings is 3. The van der Waals surface area contributed by atoms with E-state index < -0.39 is 17.7 Å². The number of aromatic nitrogens is 1. The molecular weight excluding hydrogens is 444 g/mol. The minimum absolute atomic E-state index is 0.0432. The van der Waals surface area contributed by atoms with Gasteiger partial charge in [0.05, 0.1) is 11.6 Å². The number of para-hydroxylation sites is 1. The number of aryl methyl sites for hydroxylation is 1. The molecule has 1 unspecified atom stereocenters. The van der Waals surface area contributed by atoms with E-state index >= 15 is 0 Å². The van der Waals surface area contributed by atoms with Gasteiger partial charge in [0.25, 0.3) is 11.7 Å². The second kappa shape index (κ2) is 8.06. The monoisotopic (exact) mass is 466 g/mol. The number of aliphatic hydroxyl groups excluding tert-OH is 1. The molecule has 1 saturated heterocycles. The molecule has 4 aromatic rings. The van der Waals surface area contributed by atoms with Crippen LogP contribution >= 0.6 is 0 Å². The van der Waals surface area contributed by atoms with Crippen molar-refractivity contribution in [2.75, 3.05) is 11.7 Å². The average molecular weight is 466 g/mol. The third-order valence-electron chi connectivity index (χ3n) is 6.63. The lowest BCUT2D eigenvalue weighted by Gasteiger charge is -2.25. The summed E-state index contributed by atoms with van der Waals surface area (Å²) in [6.45, 7) is 2.14. The molecule has 0 spiro atoms. The van der Waals surface area contributed by atoms with Crippen LogP contribution in [0.2, 0.25) is 0 Å². The maximum atomic E-state index is 13.4. The van der Waals surface area contributed by atoms with Crippen LogP contribution in [0, 0.1) is 0 Å². The van der Waals surface area contributed by atoms with Crippen molar-refractivity contribution in [3.05, 3.63) is 95.2 Å². The number of Topliss-reactive ketones (excluding diaryl/α,β-unsaturated/α-hetero) is 1. The molecule has 1 amide bonds. The van der Waals surface area contributed by atoms with E-state index in [0.717, 1.165) is 22.9 Å². The summed E-state index contributed by atoms with van der Waals surface area (Å²) in [4.78, 5) is 31.5. The molecule has 1 atom stereocenters. The third kappa shape index (κ3) is 3.27. The Morgan fingerprint density at radius 2 is 1.80 bits per heavy atom. The van der Waals surface area contributed by atoms with Gasteiger partial charge in [0.2, 0.25) is 6.79 Å². The summed E-state index contributed by atoms with van der Waals surface area (Å²) in [5.74, 6) is -0.590. The number of nitrogens with one attached hydrogen (secondary N) is 1. The first-order valence-corrected chi connectivity index (χ1v) is 11.4. The number of hydrogen-bond acceptors (Lipinski definition) is 5. The highest BCUT2D eigenvalue weighted by Crippen LogP contribution is 2.46. The van der Waals surface area contributed by atoms with Crippen LogP contribution in [0.1, 0.15) is 29.7 Å². The van der Waals surface area contributed by atoms with Crippen molar-refractivity contribution >= 4 is 34.0 Å². The largest absolute Gasteiger partial charge is 0.507 e. The van der Waals surface area contributed by atoms with Gasteiger partial charge in [0.1, 0.15) is 5.76 Å². The highest BCUT2D eigenvalue weighted by Gasteiger charge is 2.48. The summed E-state index contributed by atoms with van der Waals surface area (Å²) >= 11 is 0. The van der Waals surface area contributed by atoms with Crippen molar-refractivity contribution in [2.24, 2.45) is 0 Å². The lowest BCUT2D eigenvalue weighted by Crippen LogP contribution is -2.29. The smallest absolute Gasteiger partial charge is 0.300 e. The first-order chi connectivity index (χ1) is 17.1. The Morgan fingerprint density at radius 3 is 2.60 bits per heavy atom. The Morgan fingerprint density at radius 1 is 1.03 bits per heavy atom. The number of aromatic amines is 1. The zero-order chi connectivity index (χ0) is 24.1. The lowest BCUT2D eigenvalue weighted by atomic mass is 9.94. The molecule has 7 heteroatoms. The van der Waals surface area contributed by atoms with Gasteiger partial charge >= 0.3 is 0 Å². The van der Waals surface area contributed by atoms with Gasteiger partial charge in [-0.2, -0.15) is 0 Å². The molecule has 0 saturated carbocycles. The van der Waals surface area contributed by atoms with E-state index in [1.807, 2.05) is 43.3 Å². The SMILES string of the molecule is CCc1ccc(/C(O)=C2\C(=O)C(=O)N(c3ccc4c(c3)OCO4)C2c2c[nH]c3ccccc23)cc1. The van der Waals surface area contributed by atoms with Crippen molar-refractivity contribution in [1.29, 1.82) is 0 Å². The highest BCUT2D eigenvalue weighted by molar-refractivity contribution is 6.52. The van der Waals surface area contributed by atoms with E-state index in [2.05, 4.69) is 4.98 Å². The molecule has 0 aliphatic carbocycles. The number of carbonyl (C=O) groups is 2. The maximum Gasteiger partial charge on any atom is 0.300 e. The predicted octanol–water partition coefficient (Wildman–Crippen LogP) is 5.09. The van der Waals surface area contributed by atoms with Gasteiger partial charge in [-0.1, -0.05) is 49.4 Å². The van der Waals surface area contributed by atoms with E-state index in [0.29, 0.717) is 28.3 Å². The van der Waals surface area contributed by atoms with Crippen molar-refractivity contribution in [3.8, 4) is 11.5 Å². The Balaban J connectivity index is 1.57. The summed E-state index contributed by atoms with van der Waals surface area (Å²) in [5.41, 5.74) is 3.69. The van der Waals surface area contributed by atoms with Gasteiger partial charge in [-0.3, -0.25) is 14.5 Å². The fraction of sp³-hybridized carbons (Fsp3) is 0.143. The van der Waals surface area contributed by atoms with Gasteiger partial charge in [0, 0.05) is 40.0 Å². The molecular formula is C28H22N2O5. The number of H-pyrrole nitrogens is 1. The minimum atomic E-state index is -0.836. The Bertz CT molecular complexity index is 1520. The van der Waals surface area contributed by atoms with Gasteiger partial charge in [0.15, 0.2) is 11.5 Å². The molecule has 6 rings (SSSR count). The predicted molar refractivity (Wildman–Crippen MR) is 131 cm³/mol. The van der Waals surface area contributed by atoms with Crippen LogP contribution in [0.25, 0.3) is 16.7 Å². The molecule has 2 aliphatic rings. The van der Waals surface area contributed by atoms with Gasteiger partial charge < -0.3 is 19.6 Å². The number of fused-ring (bicyclic) bond motifs is 2. The number of aliphatic hydroxyl groups is 1. The van der Waals surface area contributed by atoms with E-state index in [4.69, 9.17) is 9.47 Å². The van der Waals surface area contributed by atoms with Gasteiger partial charge in [-0.15, -0.1) is 0 Å². The third-order valence-corrected chi connectivity index (χ3v) is 6.63. The van der Waals surface area contributed by atoms with Crippen LogP contribution < -0.4 is 14.4 Å². The fourth-order valence-corrected chi connectivity index (χ4v) is 4.80. The maximum absolute atomic E-state index is 13.4. The number of rotatable bonds is 4. The minimum Gasteiger partial charge on any atom is -0.507 e. The van der Waals surface area contributed by atoms with Crippen LogP contribution in [-0.2, 0) is 16.0 Å². The zero-order valence-corrected chi connectivity index (χ0v) is 18.9. The molecule has 1 fully saturated rings. The normalized spacial score (nSPS) is 18.5. The highest BCUT2D eigenvalue weighted by atomic mass is 16.7.